The molecule has 0 amide bonds. The van der Waals surface area contributed by atoms with Crippen LogP contribution in [0.1, 0.15) is 10.4 Å². The first kappa shape index (κ1) is 19.9. The third-order valence-corrected chi connectivity index (χ3v) is 5.68. The molecule has 1 N–H and O–H groups in total. The summed E-state index contributed by atoms with van der Waals surface area (Å²) in [5.74, 6) is -2.77. The van der Waals surface area contributed by atoms with Crippen LogP contribution in [0, 0.1) is 0 Å². The molecule has 0 aromatic heterocycles. The number of alkyl halides is 3. The molecular weight excluding hydrogens is 513 g/mol. The summed E-state index contributed by atoms with van der Waals surface area (Å²) in [5, 5.41) is 13.4. The molecule has 0 fully saturated rings. The molecule has 2 nitrogen and oxygen atoms in total. The first-order chi connectivity index (χ1) is 13.7. The highest BCUT2D eigenvalue weighted by Crippen LogP contribution is 2.44. The molecule has 0 aliphatic carbocycles. The Morgan fingerprint density at radius 3 is 2.10 bits per heavy atom. The van der Waals surface area contributed by atoms with Crippen LogP contribution >= 0.6 is 31.9 Å². The van der Waals surface area contributed by atoms with E-state index in [9.17, 15) is 23.1 Å². The Hall–Kier alpha value is -2.38. The third-order valence-electron chi connectivity index (χ3n) is 4.69. The highest BCUT2D eigenvalue weighted by molar-refractivity contribution is 9.10. The minimum Gasteiger partial charge on any atom is -0.507 e. The summed E-state index contributed by atoms with van der Waals surface area (Å²) in [6.07, 6.45) is -5.10. The van der Waals surface area contributed by atoms with Crippen LogP contribution in [-0.4, -0.2) is 17.1 Å². The minimum atomic E-state index is -5.10. The largest absolute Gasteiger partial charge is 0.507 e. The number of halogens is 5. The number of phenolic OH excluding ortho intramolecular Hbond substituents is 1. The lowest BCUT2D eigenvalue weighted by Crippen LogP contribution is -2.23. The molecule has 0 saturated carbocycles. The number of fused-ring (bicyclic) bond motifs is 2. The molecule has 146 valence electrons. The molecule has 29 heavy (non-hydrogen) atoms. The monoisotopic (exact) mass is 522 g/mol. The topological polar surface area (TPSA) is 37.3 Å². The summed E-state index contributed by atoms with van der Waals surface area (Å²) in [5.41, 5.74) is -0.0422. The van der Waals surface area contributed by atoms with Gasteiger partial charge in [0.25, 0.3) is 5.78 Å². The van der Waals surface area contributed by atoms with Gasteiger partial charge in [-0.1, -0.05) is 62.2 Å². The van der Waals surface area contributed by atoms with E-state index in [0.717, 1.165) is 21.3 Å². The molecule has 0 spiro atoms. The lowest BCUT2D eigenvalue weighted by Gasteiger charge is -2.16. The van der Waals surface area contributed by atoms with Gasteiger partial charge in [-0.2, -0.15) is 13.2 Å². The Balaban J connectivity index is 2.14. The van der Waals surface area contributed by atoms with Crippen molar-refractivity contribution < 1.29 is 23.1 Å². The van der Waals surface area contributed by atoms with E-state index in [1.807, 2.05) is 24.3 Å². The number of aromatic hydroxyl groups is 1. The number of Topliss-reactive ketones (excluding diaryl/α,β-unsaturated/α-hetero) is 1. The fourth-order valence-electron chi connectivity index (χ4n) is 3.44. The number of hydrogen-bond donors (Lipinski definition) is 1. The van der Waals surface area contributed by atoms with Crippen molar-refractivity contribution in [3.05, 3.63) is 75.2 Å². The zero-order valence-electron chi connectivity index (χ0n) is 14.5. The second-order valence-corrected chi connectivity index (χ2v) is 8.34. The van der Waals surface area contributed by atoms with Crippen LogP contribution in [-0.2, 0) is 0 Å². The maximum atomic E-state index is 13.2. The Labute approximate surface area is 180 Å². The van der Waals surface area contributed by atoms with Gasteiger partial charge in [0, 0.05) is 14.5 Å². The van der Waals surface area contributed by atoms with Gasteiger partial charge in [0.15, 0.2) is 0 Å². The SMILES string of the molecule is O=C(c1cc2cc(Br)ccc2c(-c2cccc3cc(Br)ccc23)c1O)C(F)(F)F. The summed E-state index contributed by atoms with van der Waals surface area (Å²) in [7, 11) is 0. The van der Waals surface area contributed by atoms with Gasteiger partial charge < -0.3 is 5.11 Å². The number of phenols is 1. The Kier molecular flexibility index (Phi) is 4.91. The van der Waals surface area contributed by atoms with Crippen molar-refractivity contribution in [3.8, 4) is 16.9 Å². The third kappa shape index (κ3) is 3.53. The second-order valence-electron chi connectivity index (χ2n) is 6.51. The number of rotatable bonds is 2. The molecule has 7 heteroatoms. The number of hydrogen-bond acceptors (Lipinski definition) is 2. The van der Waals surface area contributed by atoms with Crippen LogP contribution in [0.25, 0.3) is 32.7 Å². The lowest BCUT2D eigenvalue weighted by molar-refractivity contribution is -0.0886. The van der Waals surface area contributed by atoms with Gasteiger partial charge in [-0.3, -0.25) is 4.79 Å². The van der Waals surface area contributed by atoms with Gasteiger partial charge in [-0.25, -0.2) is 0 Å². The van der Waals surface area contributed by atoms with E-state index in [-0.39, 0.29) is 5.56 Å². The number of carbonyl (C=O) groups is 1. The van der Waals surface area contributed by atoms with Crippen molar-refractivity contribution in [2.75, 3.05) is 0 Å². The average molecular weight is 524 g/mol. The summed E-state index contributed by atoms with van der Waals surface area (Å²) in [4.78, 5) is 12.0. The lowest BCUT2D eigenvalue weighted by atomic mass is 9.90. The maximum absolute atomic E-state index is 13.2. The van der Waals surface area contributed by atoms with E-state index < -0.39 is 23.3 Å². The van der Waals surface area contributed by atoms with Crippen molar-refractivity contribution >= 4 is 59.2 Å². The molecule has 0 heterocycles. The minimum absolute atomic E-state index is 0.190. The Bertz CT molecular complexity index is 1300. The molecule has 0 unspecified atom stereocenters. The first-order valence-electron chi connectivity index (χ1n) is 8.42. The Morgan fingerprint density at radius 2 is 1.45 bits per heavy atom. The molecule has 0 aliphatic rings. The average Bonchev–Trinajstić information content (AvgIpc) is 2.66. The molecule has 4 aromatic rings. The van der Waals surface area contributed by atoms with Crippen LogP contribution < -0.4 is 0 Å². The highest BCUT2D eigenvalue weighted by atomic mass is 79.9. The Morgan fingerprint density at radius 1 is 0.828 bits per heavy atom. The quantitative estimate of drug-likeness (QED) is 0.274. The van der Waals surface area contributed by atoms with E-state index >= 15 is 0 Å². The molecule has 0 aliphatic heterocycles. The van der Waals surface area contributed by atoms with Gasteiger partial charge >= 0.3 is 6.18 Å². The van der Waals surface area contributed by atoms with E-state index in [1.165, 1.54) is 0 Å². The fraction of sp³-hybridized carbons (Fsp3) is 0.0455. The van der Waals surface area contributed by atoms with Gasteiger partial charge in [0.2, 0.25) is 0 Å². The summed E-state index contributed by atoms with van der Waals surface area (Å²) < 4.78 is 40.9. The molecule has 0 bridgehead atoms. The smallest absolute Gasteiger partial charge is 0.455 e. The van der Waals surface area contributed by atoms with Crippen LogP contribution in [0.4, 0.5) is 13.2 Å². The molecule has 0 radical (unpaired) electrons. The summed E-state index contributed by atoms with van der Waals surface area (Å²) >= 11 is 6.71. The summed E-state index contributed by atoms with van der Waals surface area (Å²) in [6, 6.07) is 17.0. The fourth-order valence-corrected chi connectivity index (χ4v) is 4.20. The molecular formula is C22H11Br2F3O2. The first-order valence-corrected chi connectivity index (χ1v) is 10.0. The maximum Gasteiger partial charge on any atom is 0.455 e. The van der Waals surface area contributed by atoms with Crippen LogP contribution in [0.15, 0.2) is 69.6 Å². The van der Waals surface area contributed by atoms with Crippen molar-refractivity contribution in [1.82, 2.24) is 0 Å². The van der Waals surface area contributed by atoms with Gasteiger partial charge in [-0.15, -0.1) is 0 Å². The van der Waals surface area contributed by atoms with Gasteiger partial charge in [0.05, 0.1) is 5.56 Å². The number of carbonyl (C=O) groups excluding carboxylic acids is 1. The van der Waals surface area contributed by atoms with Crippen molar-refractivity contribution in [2.45, 2.75) is 6.18 Å². The zero-order valence-corrected chi connectivity index (χ0v) is 17.7. The standard InChI is InChI=1S/C22H11Br2F3O2/c23-13-4-6-15-11(8-13)2-1-3-17(15)19-16-7-5-14(24)9-12(16)10-18(20(19)28)21(29)22(25,26)27/h1-10,28H. The molecule has 4 rings (SSSR count). The van der Waals surface area contributed by atoms with E-state index in [0.29, 0.717) is 20.8 Å². The van der Waals surface area contributed by atoms with E-state index in [1.54, 1.807) is 30.3 Å². The van der Waals surface area contributed by atoms with Crippen molar-refractivity contribution in [1.29, 1.82) is 0 Å². The zero-order chi connectivity index (χ0) is 20.9. The number of benzene rings is 4. The normalized spacial score (nSPS) is 11.9. The van der Waals surface area contributed by atoms with Crippen molar-refractivity contribution in [2.24, 2.45) is 0 Å². The van der Waals surface area contributed by atoms with Gasteiger partial charge in [0.1, 0.15) is 5.75 Å². The summed E-state index contributed by atoms with van der Waals surface area (Å²) in [6.45, 7) is 0. The molecule has 0 atom stereocenters. The van der Waals surface area contributed by atoms with E-state index in [2.05, 4.69) is 31.9 Å². The second kappa shape index (κ2) is 7.15. The molecule has 4 aromatic carbocycles. The predicted octanol–water partition coefficient (Wildman–Crippen LogP) is 7.64. The van der Waals surface area contributed by atoms with Gasteiger partial charge in [-0.05, 0) is 57.4 Å². The highest BCUT2D eigenvalue weighted by Gasteiger charge is 2.41. The van der Waals surface area contributed by atoms with Crippen LogP contribution in [0.5, 0.6) is 5.75 Å². The molecule has 0 saturated heterocycles. The van der Waals surface area contributed by atoms with Crippen LogP contribution in [0.2, 0.25) is 0 Å². The van der Waals surface area contributed by atoms with Crippen LogP contribution in [0.3, 0.4) is 0 Å². The number of ketones is 1. The van der Waals surface area contributed by atoms with E-state index in [4.69, 9.17) is 0 Å². The van der Waals surface area contributed by atoms with Crippen molar-refractivity contribution in [3.63, 3.8) is 0 Å². The predicted molar refractivity (Wildman–Crippen MR) is 114 cm³/mol.